The summed E-state index contributed by atoms with van der Waals surface area (Å²) in [5.74, 6) is 0.609. The maximum atomic E-state index is 12.5. The van der Waals surface area contributed by atoms with Gasteiger partial charge >= 0.3 is 6.03 Å². The molecule has 5 nitrogen and oxygen atoms in total. The second kappa shape index (κ2) is 7.97. The van der Waals surface area contributed by atoms with Crippen LogP contribution < -0.4 is 15.4 Å². The van der Waals surface area contributed by atoms with E-state index < -0.39 is 0 Å². The van der Waals surface area contributed by atoms with Crippen LogP contribution in [0.4, 0.5) is 10.5 Å². The molecule has 0 saturated carbocycles. The number of pyridine rings is 1. The molecule has 1 aromatic heterocycles. The van der Waals surface area contributed by atoms with Gasteiger partial charge in [0, 0.05) is 12.4 Å². The number of carbonyl (C=O) groups is 1. The second-order valence-corrected chi connectivity index (χ2v) is 5.42. The molecule has 1 unspecified atom stereocenters. The number of methoxy groups -OCH3 is 1. The van der Waals surface area contributed by atoms with E-state index in [0.29, 0.717) is 11.4 Å². The Morgan fingerprint density at radius 1 is 0.920 bits per heavy atom. The maximum absolute atomic E-state index is 12.5. The van der Waals surface area contributed by atoms with Crippen molar-refractivity contribution < 1.29 is 9.53 Å². The minimum atomic E-state index is -0.310. The van der Waals surface area contributed by atoms with Gasteiger partial charge in [0.2, 0.25) is 0 Å². The number of carbonyl (C=O) groups excluding carboxylic acids is 1. The van der Waals surface area contributed by atoms with E-state index >= 15 is 0 Å². The van der Waals surface area contributed by atoms with Crippen molar-refractivity contribution in [2.45, 2.75) is 6.04 Å². The first-order chi connectivity index (χ1) is 12.3. The molecule has 0 aliphatic carbocycles. The zero-order chi connectivity index (χ0) is 17.5. The molecule has 2 aromatic carbocycles. The normalized spacial score (nSPS) is 11.4. The number of hydrogen-bond acceptors (Lipinski definition) is 3. The molecule has 0 aliphatic heterocycles. The largest absolute Gasteiger partial charge is 0.495 e. The number of ether oxygens (including phenoxy) is 1. The monoisotopic (exact) mass is 333 g/mol. The topological polar surface area (TPSA) is 63.2 Å². The van der Waals surface area contributed by atoms with Crippen LogP contribution in [0.1, 0.15) is 17.2 Å². The average Bonchev–Trinajstić information content (AvgIpc) is 2.68. The number of benzene rings is 2. The molecule has 0 aliphatic rings. The van der Waals surface area contributed by atoms with Crippen LogP contribution in [0.25, 0.3) is 0 Å². The highest BCUT2D eigenvalue weighted by Gasteiger charge is 2.17. The summed E-state index contributed by atoms with van der Waals surface area (Å²) in [4.78, 5) is 16.6. The summed E-state index contributed by atoms with van der Waals surface area (Å²) in [5.41, 5.74) is 2.56. The third kappa shape index (κ3) is 4.14. The Balaban J connectivity index is 1.82. The van der Waals surface area contributed by atoms with E-state index in [2.05, 4.69) is 15.6 Å². The van der Waals surface area contributed by atoms with Crippen molar-refractivity contribution in [3.63, 3.8) is 0 Å². The van der Waals surface area contributed by atoms with Gasteiger partial charge in [0.25, 0.3) is 0 Å². The third-order valence-corrected chi connectivity index (χ3v) is 3.80. The van der Waals surface area contributed by atoms with Crippen LogP contribution in [0, 0.1) is 0 Å². The lowest BCUT2D eigenvalue weighted by atomic mass is 10.00. The first kappa shape index (κ1) is 16.5. The Labute approximate surface area is 146 Å². The van der Waals surface area contributed by atoms with Crippen LogP contribution in [0.5, 0.6) is 5.75 Å². The third-order valence-electron chi connectivity index (χ3n) is 3.80. The van der Waals surface area contributed by atoms with Crippen molar-refractivity contribution in [2.24, 2.45) is 0 Å². The minimum Gasteiger partial charge on any atom is -0.495 e. The van der Waals surface area contributed by atoms with Gasteiger partial charge < -0.3 is 15.4 Å². The Morgan fingerprint density at radius 2 is 1.56 bits per heavy atom. The number of aromatic nitrogens is 1. The number of nitrogens with zero attached hydrogens (tertiary/aromatic N) is 1. The molecule has 2 amide bonds. The molecule has 126 valence electrons. The van der Waals surface area contributed by atoms with Crippen molar-refractivity contribution in [3.05, 3.63) is 90.3 Å². The van der Waals surface area contributed by atoms with E-state index in [1.807, 2.05) is 54.6 Å². The van der Waals surface area contributed by atoms with Gasteiger partial charge in [-0.3, -0.25) is 4.98 Å². The van der Waals surface area contributed by atoms with Crippen molar-refractivity contribution in [2.75, 3.05) is 12.4 Å². The maximum Gasteiger partial charge on any atom is 0.320 e. The highest BCUT2D eigenvalue weighted by atomic mass is 16.5. The molecule has 1 atom stereocenters. The second-order valence-electron chi connectivity index (χ2n) is 5.42. The molecule has 1 heterocycles. The van der Waals surface area contributed by atoms with Gasteiger partial charge in [-0.2, -0.15) is 0 Å². The average molecular weight is 333 g/mol. The van der Waals surface area contributed by atoms with Crippen molar-refractivity contribution >= 4 is 11.7 Å². The summed E-state index contributed by atoms with van der Waals surface area (Å²) >= 11 is 0. The number of urea groups is 1. The molecule has 3 aromatic rings. The van der Waals surface area contributed by atoms with Gasteiger partial charge in [-0.05, 0) is 35.4 Å². The number of anilines is 1. The number of hydrogen-bond donors (Lipinski definition) is 2. The molecular weight excluding hydrogens is 314 g/mol. The van der Waals surface area contributed by atoms with Crippen LogP contribution in [-0.4, -0.2) is 18.1 Å². The fourth-order valence-corrected chi connectivity index (χ4v) is 2.60. The lowest BCUT2D eigenvalue weighted by Gasteiger charge is -2.20. The van der Waals surface area contributed by atoms with E-state index in [1.54, 1.807) is 31.6 Å². The molecule has 0 spiro atoms. The SMILES string of the molecule is COc1ccccc1NC(=O)NC(c1ccccc1)c1ccncc1. The number of rotatable bonds is 5. The van der Waals surface area contributed by atoms with Gasteiger partial charge in [-0.25, -0.2) is 4.79 Å². The Bertz CT molecular complexity index is 783. The zero-order valence-corrected chi connectivity index (χ0v) is 13.8. The van der Waals surface area contributed by atoms with Crippen LogP contribution in [-0.2, 0) is 0 Å². The summed E-state index contributed by atoms with van der Waals surface area (Å²) in [6, 6.07) is 20.3. The van der Waals surface area contributed by atoms with E-state index in [9.17, 15) is 4.79 Å². The molecular formula is C20H19N3O2. The Hall–Kier alpha value is -3.34. The fourth-order valence-electron chi connectivity index (χ4n) is 2.60. The Kier molecular flexibility index (Phi) is 5.26. The summed E-state index contributed by atoms with van der Waals surface area (Å²) in [6.45, 7) is 0. The molecule has 0 radical (unpaired) electrons. The molecule has 0 bridgehead atoms. The highest BCUT2D eigenvalue weighted by Crippen LogP contribution is 2.24. The van der Waals surface area contributed by atoms with Gasteiger partial charge in [-0.1, -0.05) is 42.5 Å². The first-order valence-corrected chi connectivity index (χ1v) is 7.93. The summed E-state index contributed by atoms with van der Waals surface area (Å²) < 4.78 is 5.27. The summed E-state index contributed by atoms with van der Waals surface area (Å²) in [5, 5.41) is 5.86. The highest BCUT2D eigenvalue weighted by molar-refractivity contribution is 5.91. The predicted octanol–water partition coefficient (Wildman–Crippen LogP) is 4.00. The quantitative estimate of drug-likeness (QED) is 0.742. The fraction of sp³-hybridized carbons (Fsp3) is 0.100. The number of para-hydroxylation sites is 2. The molecule has 3 rings (SSSR count). The molecule has 0 saturated heterocycles. The molecule has 5 heteroatoms. The molecule has 2 N–H and O–H groups in total. The van der Waals surface area contributed by atoms with Crippen molar-refractivity contribution in [1.29, 1.82) is 0 Å². The summed E-state index contributed by atoms with van der Waals surface area (Å²) in [7, 11) is 1.57. The van der Waals surface area contributed by atoms with Gasteiger partial charge in [-0.15, -0.1) is 0 Å². The van der Waals surface area contributed by atoms with E-state index in [0.717, 1.165) is 11.1 Å². The van der Waals surface area contributed by atoms with Gasteiger partial charge in [0.1, 0.15) is 5.75 Å². The molecule has 0 fully saturated rings. The Morgan fingerprint density at radius 3 is 2.28 bits per heavy atom. The number of nitrogens with one attached hydrogen (secondary N) is 2. The van der Waals surface area contributed by atoms with Gasteiger partial charge in [0.05, 0.1) is 18.8 Å². The van der Waals surface area contributed by atoms with Crippen LogP contribution in [0.3, 0.4) is 0 Å². The van der Waals surface area contributed by atoms with Crippen molar-refractivity contribution in [3.8, 4) is 5.75 Å². The standard InChI is InChI=1S/C20H19N3O2/c1-25-18-10-6-5-9-17(18)22-20(24)23-19(15-7-3-2-4-8-15)16-11-13-21-14-12-16/h2-14,19H,1H3,(H2,22,23,24). The van der Waals surface area contributed by atoms with Crippen LogP contribution >= 0.6 is 0 Å². The first-order valence-electron chi connectivity index (χ1n) is 7.93. The van der Waals surface area contributed by atoms with Crippen molar-refractivity contribution in [1.82, 2.24) is 10.3 Å². The lowest BCUT2D eigenvalue weighted by Crippen LogP contribution is -2.33. The number of amides is 2. The van der Waals surface area contributed by atoms with Crippen LogP contribution in [0.15, 0.2) is 79.1 Å². The lowest BCUT2D eigenvalue weighted by molar-refractivity contribution is 0.250. The van der Waals surface area contributed by atoms with E-state index in [-0.39, 0.29) is 12.1 Å². The molecule has 25 heavy (non-hydrogen) atoms. The van der Waals surface area contributed by atoms with Crippen LogP contribution in [0.2, 0.25) is 0 Å². The minimum absolute atomic E-state index is 0.279. The zero-order valence-electron chi connectivity index (χ0n) is 13.8. The summed E-state index contributed by atoms with van der Waals surface area (Å²) in [6.07, 6.45) is 3.43. The van der Waals surface area contributed by atoms with E-state index in [1.165, 1.54) is 0 Å². The van der Waals surface area contributed by atoms with E-state index in [4.69, 9.17) is 4.74 Å². The predicted molar refractivity (Wildman–Crippen MR) is 97.7 cm³/mol. The van der Waals surface area contributed by atoms with Gasteiger partial charge in [0.15, 0.2) is 0 Å². The smallest absolute Gasteiger partial charge is 0.320 e.